The Morgan fingerprint density at radius 1 is 1.24 bits per heavy atom. The third-order valence-corrected chi connectivity index (χ3v) is 3.79. The van der Waals surface area contributed by atoms with Crippen molar-refractivity contribution in [2.75, 3.05) is 19.1 Å². The molecule has 1 heterocycles. The summed E-state index contributed by atoms with van der Waals surface area (Å²) in [7, 11) is -1.26. The summed E-state index contributed by atoms with van der Waals surface area (Å²) in [5.41, 5.74) is 1.14. The molecule has 0 radical (unpaired) electrons. The molecule has 96 valence electrons. The Morgan fingerprint density at radius 3 is 2.41 bits per heavy atom. The molecule has 0 fully saturated rings. The van der Waals surface area contributed by atoms with Gasteiger partial charge in [-0.2, -0.15) is 4.36 Å². The van der Waals surface area contributed by atoms with Gasteiger partial charge in [-0.3, -0.25) is 4.36 Å². The topological polar surface area (TPSA) is 37.6 Å². The van der Waals surface area contributed by atoms with E-state index in [4.69, 9.17) is 0 Å². The van der Waals surface area contributed by atoms with Gasteiger partial charge in [0.05, 0.1) is 0 Å². The summed E-state index contributed by atoms with van der Waals surface area (Å²) >= 11 is 0. The van der Waals surface area contributed by atoms with Crippen molar-refractivity contribution in [3.63, 3.8) is 0 Å². The molecule has 0 saturated heterocycles. The van der Waals surface area contributed by atoms with Gasteiger partial charge in [-0.25, -0.2) is 4.98 Å². The van der Waals surface area contributed by atoms with E-state index in [0.29, 0.717) is 0 Å². The van der Waals surface area contributed by atoms with Crippen LogP contribution >= 0.6 is 0 Å². The Hall–Kier alpha value is -0.900. The average Bonchev–Trinajstić information content (AvgIpc) is 2.15. The maximum atomic E-state index is 4.66. The standard InChI is InChI=1S/C13H23N3S/c1-7-14-17(5,6)16-12-10-8-9-11(15-12)13(2,3)4/h8-10H,7H2,1-6H3. The van der Waals surface area contributed by atoms with Gasteiger partial charge >= 0.3 is 0 Å². The van der Waals surface area contributed by atoms with Crippen LogP contribution in [0.25, 0.3) is 0 Å². The van der Waals surface area contributed by atoms with Gasteiger partial charge in [0, 0.05) is 30.2 Å². The lowest BCUT2D eigenvalue weighted by molar-refractivity contribution is 0.569. The fourth-order valence-electron chi connectivity index (χ4n) is 1.47. The Balaban J connectivity index is 3.23. The summed E-state index contributed by atoms with van der Waals surface area (Å²) in [6.45, 7) is 9.34. The summed E-state index contributed by atoms with van der Waals surface area (Å²) < 4.78 is 9.18. The molecule has 0 aliphatic carbocycles. The van der Waals surface area contributed by atoms with Crippen LogP contribution in [0.4, 0.5) is 5.82 Å². The number of aromatic nitrogens is 1. The van der Waals surface area contributed by atoms with Crippen molar-refractivity contribution in [1.82, 2.24) is 4.98 Å². The van der Waals surface area contributed by atoms with E-state index in [1.165, 1.54) is 0 Å². The lowest BCUT2D eigenvalue weighted by Gasteiger charge is -2.17. The first-order valence-electron chi connectivity index (χ1n) is 5.87. The molecule has 1 aromatic rings. The van der Waals surface area contributed by atoms with E-state index in [1.54, 1.807) is 0 Å². The largest absolute Gasteiger partial charge is 0.255 e. The van der Waals surface area contributed by atoms with Gasteiger partial charge in [0.15, 0.2) is 5.82 Å². The molecule has 17 heavy (non-hydrogen) atoms. The molecule has 0 aliphatic heterocycles. The third-order valence-electron chi connectivity index (χ3n) is 2.26. The molecular weight excluding hydrogens is 230 g/mol. The fraction of sp³-hybridized carbons (Fsp3) is 0.615. The normalized spacial score (nSPS) is 12.4. The molecule has 1 rings (SSSR count). The molecule has 0 aromatic carbocycles. The van der Waals surface area contributed by atoms with Crippen molar-refractivity contribution < 1.29 is 0 Å². The minimum absolute atomic E-state index is 0.0624. The monoisotopic (exact) mass is 253 g/mol. The molecule has 0 amide bonds. The van der Waals surface area contributed by atoms with Gasteiger partial charge < -0.3 is 0 Å². The minimum Gasteiger partial charge on any atom is -0.255 e. The zero-order chi connectivity index (χ0) is 13.1. The van der Waals surface area contributed by atoms with Gasteiger partial charge in [0.2, 0.25) is 0 Å². The van der Waals surface area contributed by atoms with E-state index in [1.807, 2.05) is 19.1 Å². The first-order valence-corrected chi connectivity index (χ1v) is 8.23. The Kier molecular flexibility index (Phi) is 4.31. The summed E-state index contributed by atoms with van der Waals surface area (Å²) in [6.07, 6.45) is 4.17. The van der Waals surface area contributed by atoms with Crippen LogP contribution in [0.2, 0.25) is 0 Å². The Bertz CT molecular complexity index is 496. The molecule has 4 heteroatoms. The van der Waals surface area contributed by atoms with E-state index in [0.717, 1.165) is 18.1 Å². The second kappa shape index (κ2) is 5.17. The average molecular weight is 253 g/mol. The molecule has 0 atom stereocenters. The highest BCUT2D eigenvalue weighted by Crippen LogP contribution is 2.22. The van der Waals surface area contributed by atoms with Crippen LogP contribution in [0.15, 0.2) is 26.9 Å². The molecular formula is C13H23N3S. The number of hydrogen-bond acceptors (Lipinski definition) is 3. The van der Waals surface area contributed by atoms with E-state index < -0.39 is 9.62 Å². The lowest BCUT2D eigenvalue weighted by Crippen LogP contribution is -2.12. The fourth-order valence-corrected chi connectivity index (χ4v) is 2.71. The first kappa shape index (κ1) is 14.2. The zero-order valence-corrected chi connectivity index (χ0v) is 12.5. The predicted molar refractivity (Wildman–Crippen MR) is 77.2 cm³/mol. The van der Waals surface area contributed by atoms with E-state index in [2.05, 4.69) is 53.1 Å². The quantitative estimate of drug-likeness (QED) is 0.789. The van der Waals surface area contributed by atoms with Crippen molar-refractivity contribution >= 4 is 15.4 Å². The lowest BCUT2D eigenvalue weighted by atomic mass is 9.92. The second-order valence-corrected chi connectivity index (χ2v) is 8.27. The summed E-state index contributed by atoms with van der Waals surface area (Å²) in [5, 5.41) is 0. The van der Waals surface area contributed by atoms with Crippen LogP contribution in [0.3, 0.4) is 0 Å². The number of pyridine rings is 1. The van der Waals surface area contributed by atoms with Crippen molar-refractivity contribution in [2.45, 2.75) is 33.1 Å². The number of hydrogen-bond donors (Lipinski definition) is 0. The summed E-state index contributed by atoms with van der Waals surface area (Å²) in [5.74, 6) is 0.801. The van der Waals surface area contributed by atoms with Crippen molar-refractivity contribution in [3.8, 4) is 0 Å². The van der Waals surface area contributed by atoms with E-state index >= 15 is 0 Å². The highest BCUT2D eigenvalue weighted by Gasteiger charge is 2.15. The third kappa shape index (κ3) is 4.46. The predicted octanol–water partition coefficient (Wildman–Crippen LogP) is 3.81. The summed E-state index contributed by atoms with van der Waals surface area (Å²) in [6, 6.07) is 6.03. The zero-order valence-electron chi connectivity index (χ0n) is 11.7. The molecule has 3 nitrogen and oxygen atoms in total. The van der Waals surface area contributed by atoms with Crippen LogP contribution in [0, 0.1) is 0 Å². The molecule has 0 saturated carbocycles. The van der Waals surface area contributed by atoms with Crippen LogP contribution in [0.1, 0.15) is 33.4 Å². The van der Waals surface area contributed by atoms with Crippen LogP contribution < -0.4 is 0 Å². The molecule has 1 aromatic heterocycles. The maximum Gasteiger partial charge on any atom is 0.160 e. The number of nitrogens with zero attached hydrogens (tertiary/aromatic N) is 3. The Morgan fingerprint density at radius 2 is 1.88 bits per heavy atom. The molecule has 0 aliphatic rings. The Labute approximate surface area is 106 Å². The van der Waals surface area contributed by atoms with Gasteiger partial charge in [0.1, 0.15) is 0 Å². The summed E-state index contributed by atoms with van der Waals surface area (Å²) in [4.78, 5) is 4.61. The van der Waals surface area contributed by atoms with Crippen molar-refractivity contribution in [3.05, 3.63) is 23.9 Å². The van der Waals surface area contributed by atoms with Gasteiger partial charge in [0.25, 0.3) is 0 Å². The van der Waals surface area contributed by atoms with Crippen LogP contribution in [-0.2, 0) is 15.0 Å². The highest BCUT2D eigenvalue weighted by atomic mass is 32.2. The van der Waals surface area contributed by atoms with Gasteiger partial charge in [-0.15, -0.1) is 0 Å². The highest BCUT2D eigenvalue weighted by molar-refractivity contribution is 7.94. The van der Waals surface area contributed by atoms with E-state index in [-0.39, 0.29) is 5.41 Å². The van der Waals surface area contributed by atoms with Crippen LogP contribution in [-0.4, -0.2) is 24.0 Å². The molecule has 0 N–H and O–H groups in total. The first-order chi connectivity index (χ1) is 7.74. The molecule has 0 spiro atoms. The van der Waals surface area contributed by atoms with Gasteiger partial charge in [-0.05, 0) is 19.1 Å². The minimum atomic E-state index is -1.26. The second-order valence-electron chi connectivity index (χ2n) is 5.39. The SMILES string of the molecule is CCN=S(C)(C)=Nc1cccc(C(C)(C)C)n1. The smallest absolute Gasteiger partial charge is 0.160 e. The van der Waals surface area contributed by atoms with Gasteiger partial charge in [-0.1, -0.05) is 36.5 Å². The molecule has 0 unspecified atom stereocenters. The van der Waals surface area contributed by atoms with E-state index in [9.17, 15) is 0 Å². The number of rotatable bonds is 2. The van der Waals surface area contributed by atoms with Crippen molar-refractivity contribution in [2.24, 2.45) is 8.73 Å². The maximum absolute atomic E-state index is 4.66. The molecule has 0 bridgehead atoms. The van der Waals surface area contributed by atoms with Crippen LogP contribution in [0.5, 0.6) is 0 Å². The van der Waals surface area contributed by atoms with Crippen molar-refractivity contribution in [1.29, 1.82) is 0 Å².